The van der Waals surface area contributed by atoms with Gasteiger partial charge in [-0.1, -0.05) is 23.9 Å². The first-order valence-corrected chi connectivity index (χ1v) is 11.2. The Morgan fingerprint density at radius 2 is 1.69 bits per heavy atom. The Hall–Kier alpha value is -3.07. The molecule has 0 bridgehead atoms. The summed E-state index contributed by atoms with van der Waals surface area (Å²) in [4.78, 5) is 12.6. The van der Waals surface area contributed by atoms with E-state index in [-0.39, 0.29) is 23.9 Å². The number of anilines is 1. The van der Waals surface area contributed by atoms with Gasteiger partial charge in [-0.3, -0.25) is 4.79 Å². The van der Waals surface area contributed by atoms with Gasteiger partial charge < -0.3 is 19.4 Å². The molecule has 1 N–H and O–H groups in total. The molecule has 3 aromatic rings. The Morgan fingerprint density at radius 3 is 2.31 bits per heavy atom. The van der Waals surface area contributed by atoms with E-state index in [2.05, 4.69) is 15.5 Å². The second-order valence-corrected chi connectivity index (χ2v) is 8.78. The fraction of sp³-hybridized carbons (Fsp3) is 0.348. The molecule has 0 saturated carbocycles. The molecule has 2 aromatic carbocycles. The van der Waals surface area contributed by atoms with Crippen molar-refractivity contribution in [2.24, 2.45) is 0 Å². The van der Waals surface area contributed by atoms with E-state index in [1.807, 2.05) is 49.6 Å². The zero-order valence-electron chi connectivity index (χ0n) is 18.7. The lowest BCUT2D eigenvalue weighted by Gasteiger charge is -2.20. The molecular formula is C23H27FN4O3S. The second kappa shape index (κ2) is 10.5. The van der Waals surface area contributed by atoms with E-state index < -0.39 is 5.25 Å². The Balaban J connectivity index is 1.75. The van der Waals surface area contributed by atoms with Crippen molar-refractivity contribution in [3.05, 3.63) is 60.2 Å². The van der Waals surface area contributed by atoms with Gasteiger partial charge in [-0.2, -0.15) is 0 Å². The average Bonchev–Trinajstić information content (AvgIpc) is 3.19. The van der Waals surface area contributed by atoms with Crippen molar-refractivity contribution in [1.29, 1.82) is 0 Å². The van der Waals surface area contributed by atoms with Crippen LogP contribution in [0.5, 0.6) is 11.5 Å². The number of hydrogen-bond acceptors (Lipinski definition) is 6. The van der Waals surface area contributed by atoms with Crippen LogP contribution in [0, 0.1) is 5.82 Å². The summed E-state index contributed by atoms with van der Waals surface area (Å²) < 4.78 is 26.5. The van der Waals surface area contributed by atoms with Gasteiger partial charge in [0.1, 0.15) is 5.82 Å². The van der Waals surface area contributed by atoms with Crippen molar-refractivity contribution in [1.82, 2.24) is 14.8 Å². The quantitative estimate of drug-likeness (QED) is 0.441. The molecule has 170 valence electrons. The van der Waals surface area contributed by atoms with E-state index in [9.17, 15) is 9.18 Å². The van der Waals surface area contributed by atoms with E-state index >= 15 is 0 Å². The highest BCUT2D eigenvalue weighted by atomic mass is 32.2. The monoisotopic (exact) mass is 458 g/mol. The normalized spacial score (nSPS) is 13.0. The summed E-state index contributed by atoms with van der Waals surface area (Å²) in [5.74, 6) is 1.34. The molecule has 0 fully saturated rings. The van der Waals surface area contributed by atoms with E-state index in [1.54, 1.807) is 14.0 Å². The summed E-state index contributed by atoms with van der Waals surface area (Å²) in [5, 5.41) is 11.6. The number of methoxy groups -OCH3 is 1. The van der Waals surface area contributed by atoms with Gasteiger partial charge in [-0.15, -0.1) is 10.2 Å². The van der Waals surface area contributed by atoms with Crippen LogP contribution in [0.1, 0.15) is 45.7 Å². The van der Waals surface area contributed by atoms with Crippen LogP contribution in [0.3, 0.4) is 0 Å². The Kier molecular flexibility index (Phi) is 7.74. The van der Waals surface area contributed by atoms with Gasteiger partial charge in [0.2, 0.25) is 5.91 Å². The number of halogens is 1. The first-order chi connectivity index (χ1) is 15.3. The number of thioether (sulfide) groups is 1. The maximum absolute atomic E-state index is 13.1. The lowest BCUT2D eigenvalue weighted by molar-refractivity contribution is -0.115. The SMILES string of the molecule is COc1ccccc1OC(C)c1nnc(SC(C)C(=O)Nc2ccc(F)cc2)n1C(C)C. The highest BCUT2D eigenvalue weighted by Crippen LogP contribution is 2.33. The van der Waals surface area contributed by atoms with Crippen LogP contribution in [-0.2, 0) is 4.79 Å². The van der Waals surface area contributed by atoms with Crippen molar-refractivity contribution in [3.8, 4) is 11.5 Å². The van der Waals surface area contributed by atoms with Crippen LogP contribution in [0.15, 0.2) is 53.7 Å². The fourth-order valence-electron chi connectivity index (χ4n) is 3.08. The van der Waals surface area contributed by atoms with Crippen molar-refractivity contribution in [3.63, 3.8) is 0 Å². The van der Waals surface area contributed by atoms with Crippen LogP contribution in [0.2, 0.25) is 0 Å². The van der Waals surface area contributed by atoms with E-state index in [4.69, 9.17) is 9.47 Å². The van der Waals surface area contributed by atoms with Gasteiger partial charge in [0, 0.05) is 11.7 Å². The maximum atomic E-state index is 13.1. The minimum absolute atomic E-state index is 0.0542. The summed E-state index contributed by atoms with van der Waals surface area (Å²) >= 11 is 1.30. The fourth-order valence-corrected chi connectivity index (χ4v) is 4.07. The number of para-hydroxylation sites is 2. The number of nitrogens with one attached hydrogen (secondary N) is 1. The summed E-state index contributed by atoms with van der Waals surface area (Å²) in [6, 6.07) is 13.1. The van der Waals surface area contributed by atoms with Crippen molar-refractivity contribution in [2.45, 2.75) is 50.2 Å². The smallest absolute Gasteiger partial charge is 0.237 e. The predicted octanol–water partition coefficient (Wildman–Crippen LogP) is 5.27. The van der Waals surface area contributed by atoms with Crippen LogP contribution in [0.4, 0.5) is 10.1 Å². The largest absolute Gasteiger partial charge is 0.493 e. The molecule has 9 heteroatoms. The number of hydrogen-bond donors (Lipinski definition) is 1. The van der Waals surface area contributed by atoms with Crippen molar-refractivity contribution < 1.29 is 18.7 Å². The number of nitrogens with zero attached hydrogens (tertiary/aromatic N) is 3. The summed E-state index contributed by atoms with van der Waals surface area (Å²) in [6.07, 6.45) is -0.390. The molecule has 1 aromatic heterocycles. The third kappa shape index (κ3) is 5.59. The van der Waals surface area contributed by atoms with Crippen molar-refractivity contribution in [2.75, 3.05) is 12.4 Å². The van der Waals surface area contributed by atoms with Gasteiger partial charge in [-0.05, 0) is 64.1 Å². The minimum Gasteiger partial charge on any atom is -0.493 e. The topological polar surface area (TPSA) is 78.3 Å². The Morgan fingerprint density at radius 1 is 1.03 bits per heavy atom. The molecule has 7 nitrogen and oxygen atoms in total. The standard InChI is InChI=1S/C23H27FN4O3S/c1-14(2)28-21(15(3)31-20-9-7-6-8-19(20)30-5)26-27-23(28)32-16(4)22(29)25-18-12-10-17(24)11-13-18/h6-16H,1-5H3,(H,25,29). The van der Waals surface area contributed by atoms with Gasteiger partial charge in [0.15, 0.2) is 28.6 Å². The van der Waals surface area contributed by atoms with Gasteiger partial charge in [0.05, 0.1) is 12.4 Å². The predicted molar refractivity (Wildman–Crippen MR) is 123 cm³/mol. The van der Waals surface area contributed by atoms with Crippen LogP contribution in [0.25, 0.3) is 0 Å². The molecule has 0 spiro atoms. The molecule has 1 amide bonds. The van der Waals surface area contributed by atoms with Crippen LogP contribution in [-0.4, -0.2) is 33.0 Å². The van der Waals surface area contributed by atoms with Crippen LogP contribution >= 0.6 is 11.8 Å². The molecule has 0 aliphatic carbocycles. The van der Waals surface area contributed by atoms with Crippen molar-refractivity contribution >= 4 is 23.4 Å². The van der Waals surface area contributed by atoms with Gasteiger partial charge >= 0.3 is 0 Å². The number of amides is 1. The number of carbonyl (C=O) groups excluding carboxylic acids is 1. The van der Waals surface area contributed by atoms with Crippen LogP contribution < -0.4 is 14.8 Å². The number of rotatable bonds is 9. The van der Waals surface area contributed by atoms with Gasteiger partial charge in [0.25, 0.3) is 0 Å². The number of ether oxygens (including phenoxy) is 2. The molecule has 2 atom stereocenters. The molecule has 0 radical (unpaired) electrons. The first kappa shape index (κ1) is 23.6. The van der Waals surface area contributed by atoms with E-state index in [1.165, 1.54) is 36.0 Å². The molecule has 0 saturated heterocycles. The second-order valence-electron chi connectivity index (χ2n) is 7.47. The summed E-state index contributed by atoms with van der Waals surface area (Å²) in [5.41, 5.74) is 0.536. The summed E-state index contributed by atoms with van der Waals surface area (Å²) in [6.45, 7) is 7.73. The first-order valence-electron chi connectivity index (χ1n) is 10.3. The molecular weight excluding hydrogens is 431 g/mol. The zero-order valence-corrected chi connectivity index (χ0v) is 19.5. The molecule has 0 aliphatic rings. The molecule has 3 rings (SSSR count). The Bertz CT molecular complexity index is 1060. The average molecular weight is 459 g/mol. The number of benzene rings is 2. The molecule has 32 heavy (non-hydrogen) atoms. The lowest BCUT2D eigenvalue weighted by atomic mass is 10.3. The number of aromatic nitrogens is 3. The van der Waals surface area contributed by atoms with E-state index in [0.29, 0.717) is 28.2 Å². The third-order valence-corrected chi connectivity index (χ3v) is 5.76. The molecule has 1 heterocycles. The number of carbonyl (C=O) groups is 1. The lowest BCUT2D eigenvalue weighted by Crippen LogP contribution is -2.23. The summed E-state index contributed by atoms with van der Waals surface area (Å²) in [7, 11) is 1.59. The zero-order chi connectivity index (χ0) is 23.3. The Labute approximate surface area is 191 Å². The molecule has 0 aliphatic heterocycles. The maximum Gasteiger partial charge on any atom is 0.237 e. The third-order valence-electron chi connectivity index (χ3n) is 4.71. The van der Waals surface area contributed by atoms with E-state index in [0.717, 1.165) is 0 Å². The van der Waals surface area contributed by atoms with Gasteiger partial charge in [-0.25, -0.2) is 4.39 Å². The highest BCUT2D eigenvalue weighted by molar-refractivity contribution is 8.00. The highest BCUT2D eigenvalue weighted by Gasteiger charge is 2.25. The molecule has 2 unspecified atom stereocenters. The minimum atomic E-state index is -0.444.